The summed E-state index contributed by atoms with van der Waals surface area (Å²) in [6, 6.07) is 13.4. The number of hydrogen-bond acceptors (Lipinski definition) is 5. The lowest BCUT2D eigenvalue weighted by atomic mass is 10.2. The second-order valence-corrected chi connectivity index (χ2v) is 6.72. The van der Waals surface area contributed by atoms with Gasteiger partial charge in [-0.25, -0.2) is 4.98 Å². The van der Waals surface area contributed by atoms with Crippen LogP contribution in [-0.2, 0) is 0 Å². The summed E-state index contributed by atoms with van der Waals surface area (Å²) < 4.78 is 1.47. The molecule has 0 saturated carbocycles. The first-order valence-corrected chi connectivity index (χ1v) is 8.61. The number of aryl methyl sites for hydroxylation is 1. The Kier molecular flexibility index (Phi) is 5.11. The summed E-state index contributed by atoms with van der Waals surface area (Å²) in [5.41, 5.74) is 9.71. The molecule has 1 aromatic carbocycles. The van der Waals surface area contributed by atoms with Gasteiger partial charge in [-0.3, -0.25) is 14.6 Å². The van der Waals surface area contributed by atoms with Crippen LogP contribution < -0.4 is 16.7 Å². The number of hydrogen-bond donors (Lipinski definition) is 2. The minimum Gasteiger partial charge on any atom is -0.375 e. The number of pyridine rings is 1. The van der Waals surface area contributed by atoms with Crippen molar-refractivity contribution in [3.8, 4) is 0 Å². The molecule has 0 aliphatic heterocycles. The second kappa shape index (κ2) is 7.45. The van der Waals surface area contributed by atoms with Gasteiger partial charge >= 0.3 is 0 Å². The summed E-state index contributed by atoms with van der Waals surface area (Å²) in [4.78, 5) is 18.4. The lowest BCUT2D eigenvalue weighted by molar-refractivity contribution is 0.969. The minimum atomic E-state index is -0.214. The van der Waals surface area contributed by atoms with Crippen molar-refractivity contribution in [1.29, 1.82) is 0 Å². The number of hydrazone groups is 1. The van der Waals surface area contributed by atoms with Gasteiger partial charge < -0.3 is 5.73 Å². The zero-order valence-corrected chi connectivity index (χ0v) is 15.0. The van der Waals surface area contributed by atoms with Crippen LogP contribution in [0.15, 0.2) is 68.5 Å². The summed E-state index contributed by atoms with van der Waals surface area (Å²) in [5, 5.41) is 4.51. The molecule has 3 rings (SSSR count). The van der Waals surface area contributed by atoms with E-state index in [1.807, 2.05) is 37.3 Å². The first kappa shape index (κ1) is 17.1. The van der Waals surface area contributed by atoms with E-state index < -0.39 is 0 Å². The summed E-state index contributed by atoms with van der Waals surface area (Å²) in [6.45, 7) is 2.02. The van der Waals surface area contributed by atoms with Crippen LogP contribution in [-0.4, -0.2) is 20.7 Å². The molecule has 2 aromatic heterocycles. The Morgan fingerprint density at radius 2 is 2.08 bits per heavy atom. The maximum absolute atomic E-state index is 12.8. The van der Waals surface area contributed by atoms with Crippen molar-refractivity contribution >= 4 is 41.0 Å². The third-order valence-electron chi connectivity index (χ3n) is 3.34. The van der Waals surface area contributed by atoms with E-state index in [9.17, 15) is 4.79 Å². The number of thiocarbonyl (C=S) groups is 1. The van der Waals surface area contributed by atoms with Crippen LogP contribution in [0.25, 0.3) is 5.65 Å². The van der Waals surface area contributed by atoms with Crippen LogP contribution >= 0.6 is 24.0 Å². The molecule has 0 spiro atoms. The van der Waals surface area contributed by atoms with Crippen LogP contribution in [0.1, 0.15) is 11.1 Å². The van der Waals surface area contributed by atoms with Crippen LogP contribution in [0.4, 0.5) is 0 Å². The van der Waals surface area contributed by atoms with Crippen molar-refractivity contribution in [2.24, 2.45) is 10.8 Å². The summed E-state index contributed by atoms with van der Waals surface area (Å²) in [7, 11) is 0. The molecule has 0 bridgehead atoms. The van der Waals surface area contributed by atoms with Crippen molar-refractivity contribution in [2.45, 2.75) is 16.8 Å². The van der Waals surface area contributed by atoms with Gasteiger partial charge in [-0.05, 0) is 43.4 Å². The highest BCUT2D eigenvalue weighted by Gasteiger charge is 2.12. The van der Waals surface area contributed by atoms with Gasteiger partial charge in [0.25, 0.3) is 5.56 Å². The lowest BCUT2D eigenvalue weighted by Crippen LogP contribution is -2.25. The minimum absolute atomic E-state index is 0.0258. The standard InChI is InChI=1S/C17H15N5OS2/c1-11-5-7-12(8-6-11)25-15-13(10-19-21-17(18)24)16(23)22-9-3-2-4-14(22)20-15/h2-10H,1H3,(H3,18,21,24)/b19-10-. The van der Waals surface area contributed by atoms with Crippen molar-refractivity contribution in [3.05, 3.63) is 70.1 Å². The molecule has 0 amide bonds. The number of nitrogens with one attached hydrogen (secondary N) is 1. The normalized spacial score (nSPS) is 11.1. The molecule has 0 atom stereocenters. The van der Waals surface area contributed by atoms with Crippen molar-refractivity contribution in [3.63, 3.8) is 0 Å². The average Bonchev–Trinajstić information content (AvgIpc) is 2.59. The van der Waals surface area contributed by atoms with E-state index in [1.165, 1.54) is 27.9 Å². The van der Waals surface area contributed by atoms with Gasteiger partial charge in [0.2, 0.25) is 0 Å². The first-order valence-electron chi connectivity index (χ1n) is 7.39. The number of fused-ring (bicyclic) bond motifs is 1. The Labute approximate surface area is 153 Å². The molecule has 0 aliphatic carbocycles. The Balaban J connectivity index is 2.10. The summed E-state index contributed by atoms with van der Waals surface area (Å²) >= 11 is 6.12. The highest BCUT2D eigenvalue weighted by molar-refractivity contribution is 7.99. The van der Waals surface area contributed by atoms with E-state index in [-0.39, 0.29) is 10.7 Å². The number of aromatic nitrogens is 2. The van der Waals surface area contributed by atoms with Crippen LogP contribution in [0.2, 0.25) is 0 Å². The Bertz CT molecular complexity index is 1010. The third kappa shape index (κ3) is 4.04. The fraction of sp³-hybridized carbons (Fsp3) is 0.0588. The van der Waals surface area contributed by atoms with Gasteiger partial charge in [0.05, 0.1) is 11.8 Å². The molecule has 8 heteroatoms. The molecule has 0 unspecified atom stereocenters. The molecule has 0 aliphatic rings. The van der Waals surface area contributed by atoms with E-state index >= 15 is 0 Å². The Morgan fingerprint density at radius 1 is 1.32 bits per heavy atom. The van der Waals surface area contributed by atoms with Crippen LogP contribution in [0.3, 0.4) is 0 Å². The molecule has 126 valence electrons. The lowest BCUT2D eigenvalue weighted by Gasteiger charge is -2.08. The fourth-order valence-electron chi connectivity index (χ4n) is 2.15. The fourth-order valence-corrected chi connectivity index (χ4v) is 3.09. The van der Waals surface area contributed by atoms with E-state index in [1.54, 1.807) is 18.3 Å². The first-order chi connectivity index (χ1) is 12.0. The average molecular weight is 369 g/mol. The molecule has 0 saturated heterocycles. The monoisotopic (exact) mass is 369 g/mol. The number of rotatable bonds is 4. The van der Waals surface area contributed by atoms with E-state index in [0.29, 0.717) is 16.2 Å². The molecule has 3 N–H and O–H groups in total. The van der Waals surface area contributed by atoms with E-state index in [2.05, 4.69) is 15.5 Å². The molecule has 6 nitrogen and oxygen atoms in total. The van der Waals surface area contributed by atoms with Crippen LogP contribution in [0.5, 0.6) is 0 Å². The van der Waals surface area contributed by atoms with E-state index in [0.717, 1.165) is 4.90 Å². The molecule has 0 radical (unpaired) electrons. The van der Waals surface area contributed by atoms with Gasteiger partial charge in [-0.2, -0.15) is 5.10 Å². The van der Waals surface area contributed by atoms with Gasteiger partial charge in [-0.1, -0.05) is 35.5 Å². The molecular weight excluding hydrogens is 354 g/mol. The Morgan fingerprint density at radius 3 is 2.80 bits per heavy atom. The topological polar surface area (TPSA) is 84.8 Å². The molecule has 2 heterocycles. The van der Waals surface area contributed by atoms with Gasteiger partial charge in [0.1, 0.15) is 10.7 Å². The highest BCUT2D eigenvalue weighted by Crippen LogP contribution is 2.27. The van der Waals surface area contributed by atoms with Crippen LogP contribution in [0, 0.1) is 6.92 Å². The van der Waals surface area contributed by atoms with Crippen molar-refractivity contribution < 1.29 is 0 Å². The SMILES string of the molecule is Cc1ccc(Sc2nc3ccccn3c(=O)c2/C=N\NC(N)=S)cc1. The molecular formula is C17H15N5OS2. The predicted molar refractivity (Wildman–Crippen MR) is 104 cm³/mol. The third-order valence-corrected chi connectivity index (χ3v) is 4.44. The largest absolute Gasteiger partial charge is 0.375 e. The highest BCUT2D eigenvalue weighted by atomic mass is 32.2. The second-order valence-electron chi connectivity index (χ2n) is 5.21. The molecule has 0 fully saturated rings. The zero-order chi connectivity index (χ0) is 17.8. The maximum atomic E-state index is 12.8. The van der Waals surface area contributed by atoms with Gasteiger partial charge in [0.15, 0.2) is 5.11 Å². The predicted octanol–water partition coefficient (Wildman–Crippen LogP) is 2.32. The Hall–Kier alpha value is -2.71. The summed E-state index contributed by atoms with van der Waals surface area (Å²) in [5.74, 6) is 0. The maximum Gasteiger partial charge on any atom is 0.267 e. The number of nitrogens with zero attached hydrogens (tertiary/aromatic N) is 3. The van der Waals surface area contributed by atoms with Crippen molar-refractivity contribution in [1.82, 2.24) is 14.8 Å². The van der Waals surface area contributed by atoms with Crippen molar-refractivity contribution in [2.75, 3.05) is 0 Å². The molecule has 3 aromatic rings. The van der Waals surface area contributed by atoms with E-state index in [4.69, 9.17) is 18.0 Å². The number of benzene rings is 1. The zero-order valence-electron chi connectivity index (χ0n) is 13.3. The van der Waals surface area contributed by atoms with Gasteiger partial charge in [-0.15, -0.1) is 0 Å². The summed E-state index contributed by atoms with van der Waals surface area (Å²) in [6.07, 6.45) is 3.06. The molecule has 25 heavy (non-hydrogen) atoms. The quantitative estimate of drug-likeness (QED) is 0.318. The number of nitrogens with two attached hydrogens (primary N) is 1. The van der Waals surface area contributed by atoms with Gasteiger partial charge in [0, 0.05) is 11.1 Å². The smallest absolute Gasteiger partial charge is 0.267 e.